The van der Waals surface area contributed by atoms with Crippen molar-refractivity contribution < 1.29 is 23.4 Å². The van der Waals surface area contributed by atoms with Crippen molar-refractivity contribution in [3.05, 3.63) is 45.8 Å². The molecule has 0 saturated carbocycles. The summed E-state index contributed by atoms with van der Waals surface area (Å²) in [6, 6.07) is 5.36. The molecule has 0 spiro atoms. The van der Waals surface area contributed by atoms with Crippen molar-refractivity contribution in [1.29, 1.82) is 0 Å². The molecule has 10 nitrogen and oxygen atoms in total. The first kappa shape index (κ1) is 25.0. The minimum absolute atomic E-state index is 0.0740. The van der Waals surface area contributed by atoms with Gasteiger partial charge >= 0.3 is 6.09 Å². The lowest BCUT2D eigenvalue weighted by molar-refractivity contribution is 0.136. The Balaban J connectivity index is 1.35. The molecule has 14 heteroatoms. The van der Waals surface area contributed by atoms with Crippen LogP contribution >= 0.6 is 34.3 Å². The van der Waals surface area contributed by atoms with Crippen LogP contribution in [0.2, 0.25) is 5.02 Å². The Bertz CT molecular complexity index is 1640. The molecule has 0 saturated heterocycles. The zero-order chi connectivity index (χ0) is 26.1. The van der Waals surface area contributed by atoms with Gasteiger partial charge in [0.25, 0.3) is 0 Å². The molecule has 0 unspecified atom stereocenters. The maximum atomic E-state index is 15.0. The number of halogens is 2. The molecule has 0 bridgehead atoms. The van der Waals surface area contributed by atoms with E-state index in [0.717, 1.165) is 11.1 Å². The zero-order valence-corrected chi connectivity index (χ0v) is 22.1. The number of methoxy groups -OCH3 is 1. The predicted octanol–water partition coefficient (Wildman–Crippen LogP) is 5.80. The van der Waals surface area contributed by atoms with Gasteiger partial charge in [0.05, 0.1) is 29.0 Å². The fourth-order valence-corrected chi connectivity index (χ4v) is 5.36. The number of ether oxygens (including phenoxy) is 3. The average Bonchev–Trinajstić information content (AvgIpc) is 3.49. The summed E-state index contributed by atoms with van der Waals surface area (Å²) in [6.45, 7) is 3.49. The fraction of sp³-hybridized carbons (Fsp3) is 0.217. The molecule has 0 fully saturated rings. The monoisotopic (exact) mass is 560 g/mol. The number of nitrogens with zero attached hydrogens (tertiary/aromatic N) is 5. The van der Waals surface area contributed by atoms with Crippen LogP contribution in [-0.4, -0.2) is 51.6 Å². The summed E-state index contributed by atoms with van der Waals surface area (Å²) in [5, 5.41) is 11.5. The van der Waals surface area contributed by atoms with E-state index >= 15 is 0 Å². The van der Waals surface area contributed by atoms with E-state index in [1.54, 1.807) is 6.92 Å². The third-order valence-corrected chi connectivity index (χ3v) is 7.18. The second-order valence-electron chi connectivity index (χ2n) is 7.70. The maximum Gasteiger partial charge on any atom is 0.413 e. The maximum absolute atomic E-state index is 15.0. The summed E-state index contributed by atoms with van der Waals surface area (Å²) in [6.07, 6.45) is 0.816. The lowest BCUT2D eigenvalue weighted by atomic mass is 10.1. The van der Waals surface area contributed by atoms with Crippen molar-refractivity contribution in [2.24, 2.45) is 0 Å². The van der Waals surface area contributed by atoms with Gasteiger partial charge < -0.3 is 14.2 Å². The lowest BCUT2D eigenvalue weighted by Crippen LogP contribution is -2.17. The number of nitrogens with one attached hydrogen (secondary N) is 1. The molecular weight excluding hydrogens is 543 g/mol. The number of carbonyl (C=O) groups excluding carboxylic acids is 1. The molecule has 0 aliphatic carbocycles. The Hall–Kier alpha value is -3.68. The van der Waals surface area contributed by atoms with Crippen LogP contribution in [0.4, 0.5) is 14.3 Å². The van der Waals surface area contributed by atoms with E-state index in [1.165, 1.54) is 42.0 Å². The average molecular weight is 561 g/mol. The van der Waals surface area contributed by atoms with Crippen LogP contribution in [0.25, 0.3) is 31.8 Å². The van der Waals surface area contributed by atoms with E-state index in [9.17, 15) is 9.18 Å². The van der Waals surface area contributed by atoms with Gasteiger partial charge in [-0.3, -0.25) is 5.32 Å². The number of hydrogen-bond acceptors (Lipinski definition) is 11. The number of carbonyl (C=O) groups is 1. The minimum Gasteiger partial charge on any atom is -0.487 e. The Morgan fingerprint density at radius 3 is 2.70 bits per heavy atom. The summed E-state index contributed by atoms with van der Waals surface area (Å²) in [4.78, 5) is 25.4. The Morgan fingerprint density at radius 2 is 1.95 bits per heavy atom. The van der Waals surface area contributed by atoms with Gasteiger partial charge in [-0.1, -0.05) is 22.9 Å². The summed E-state index contributed by atoms with van der Waals surface area (Å²) in [5.74, 6) is -0.425. The standard InChI is InChI=1S/C23H18ClFN6O4S2/c1-10-6-12(19-13(7-10)27-16(33-3)9-26-19)21-28-20-15(37-21)8-14(18(25)17(20)24)34-4-5-35-23(32)29-22-31-30-11(2)36-22/h6-9H,4-5H2,1-3H3,(H,29,31,32). The normalized spacial score (nSPS) is 11.2. The molecular formula is C23H18ClFN6O4S2. The number of rotatable bonds is 7. The van der Waals surface area contributed by atoms with E-state index < -0.39 is 11.9 Å². The van der Waals surface area contributed by atoms with Crippen LogP contribution in [0.15, 0.2) is 24.4 Å². The first-order chi connectivity index (χ1) is 17.8. The lowest BCUT2D eigenvalue weighted by Gasteiger charge is -2.09. The number of amides is 1. The molecule has 37 heavy (non-hydrogen) atoms. The molecule has 0 radical (unpaired) electrons. The number of anilines is 1. The first-order valence-electron chi connectivity index (χ1n) is 10.8. The summed E-state index contributed by atoms with van der Waals surface area (Å²) in [7, 11) is 1.53. The smallest absolute Gasteiger partial charge is 0.413 e. The highest BCUT2D eigenvalue weighted by Gasteiger charge is 2.20. The zero-order valence-electron chi connectivity index (χ0n) is 19.7. The fourth-order valence-electron chi connectivity index (χ4n) is 3.47. The highest BCUT2D eigenvalue weighted by Crippen LogP contribution is 2.40. The number of fused-ring (bicyclic) bond motifs is 2. The van der Waals surface area contributed by atoms with Crippen molar-refractivity contribution in [3.8, 4) is 22.2 Å². The number of aromatic nitrogens is 5. The molecule has 2 aromatic carbocycles. The van der Waals surface area contributed by atoms with Gasteiger partial charge in [-0.15, -0.1) is 21.5 Å². The Labute approximate surface area is 222 Å². The molecule has 3 heterocycles. The topological polar surface area (TPSA) is 121 Å². The molecule has 5 rings (SSSR count). The molecule has 1 amide bonds. The number of thiazole rings is 1. The molecule has 5 aromatic rings. The van der Waals surface area contributed by atoms with Gasteiger partial charge in [-0.2, -0.15) is 0 Å². The number of benzene rings is 2. The highest BCUT2D eigenvalue weighted by atomic mass is 35.5. The number of aryl methyl sites for hydroxylation is 2. The highest BCUT2D eigenvalue weighted by molar-refractivity contribution is 7.21. The summed E-state index contributed by atoms with van der Waals surface area (Å²) >= 11 is 8.85. The van der Waals surface area contributed by atoms with Gasteiger partial charge in [-0.25, -0.2) is 24.1 Å². The molecule has 0 atom stereocenters. The van der Waals surface area contributed by atoms with Gasteiger partial charge in [0.2, 0.25) is 11.0 Å². The first-order valence-corrected chi connectivity index (χ1v) is 12.8. The van der Waals surface area contributed by atoms with Gasteiger partial charge in [0, 0.05) is 11.6 Å². The summed E-state index contributed by atoms with van der Waals surface area (Å²) < 4.78 is 31.3. The van der Waals surface area contributed by atoms with E-state index in [2.05, 4.69) is 30.5 Å². The van der Waals surface area contributed by atoms with Crippen molar-refractivity contribution in [2.75, 3.05) is 25.6 Å². The second-order valence-corrected chi connectivity index (χ2v) is 10.3. The number of hydrogen-bond donors (Lipinski definition) is 1. The van der Waals surface area contributed by atoms with Crippen LogP contribution in [0.3, 0.4) is 0 Å². The Kier molecular flexibility index (Phi) is 7.00. The molecule has 190 valence electrons. The SMILES string of the molecule is COc1cnc2c(-c3nc4c(Cl)c(F)c(OCCOC(=O)Nc5nnc(C)s5)cc4s3)cc(C)cc2n1. The molecule has 1 N–H and O–H groups in total. The van der Waals surface area contributed by atoms with Crippen molar-refractivity contribution in [2.45, 2.75) is 13.8 Å². The predicted molar refractivity (Wildman–Crippen MR) is 140 cm³/mol. The van der Waals surface area contributed by atoms with Gasteiger partial charge in [-0.05, 0) is 31.5 Å². The van der Waals surface area contributed by atoms with Crippen LogP contribution in [-0.2, 0) is 4.74 Å². The minimum atomic E-state index is -0.751. The van der Waals surface area contributed by atoms with E-state index in [1.807, 2.05) is 19.1 Å². The second kappa shape index (κ2) is 10.4. The van der Waals surface area contributed by atoms with E-state index in [4.69, 9.17) is 25.8 Å². The van der Waals surface area contributed by atoms with Crippen molar-refractivity contribution in [3.63, 3.8) is 0 Å². The van der Waals surface area contributed by atoms with Crippen LogP contribution < -0.4 is 14.8 Å². The van der Waals surface area contributed by atoms with Crippen LogP contribution in [0, 0.1) is 19.7 Å². The van der Waals surface area contributed by atoms with Crippen molar-refractivity contribution in [1.82, 2.24) is 25.1 Å². The van der Waals surface area contributed by atoms with Crippen LogP contribution in [0.1, 0.15) is 10.6 Å². The van der Waals surface area contributed by atoms with E-state index in [-0.39, 0.29) is 24.0 Å². The quantitative estimate of drug-likeness (QED) is 0.246. The molecule has 0 aliphatic heterocycles. The van der Waals surface area contributed by atoms with Crippen LogP contribution in [0.5, 0.6) is 11.6 Å². The summed E-state index contributed by atoms with van der Waals surface area (Å²) in [5.41, 5.74) is 3.30. The molecule has 0 aliphatic rings. The third kappa shape index (κ3) is 5.24. The van der Waals surface area contributed by atoms with E-state index in [0.29, 0.717) is 42.3 Å². The Morgan fingerprint density at radius 1 is 1.11 bits per heavy atom. The molecule has 3 aromatic heterocycles. The van der Waals surface area contributed by atoms with Crippen molar-refractivity contribution >= 4 is 66.7 Å². The third-order valence-electron chi connectivity index (χ3n) is 5.05. The van der Waals surface area contributed by atoms with Gasteiger partial charge in [0.1, 0.15) is 33.8 Å². The largest absolute Gasteiger partial charge is 0.487 e. The van der Waals surface area contributed by atoms with Gasteiger partial charge in [0.15, 0.2) is 11.6 Å².